The number of carboxylic acids is 1. The molecule has 1 aliphatic rings. The average molecular weight is 281 g/mol. The smallest absolute Gasteiger partial charge is 0.315 e. The third-order valence-corrected chi connectivity index (χ3v) is 3.85. The molecular weight excluding hydrogens is 262 g/mol. The second kappa shape index (κ2) is 5.89. The number of nitrogens with zero attached hydrogens (tertiary/aromatic N) is 3. The van der Waals surface area contributed by atoms with Crippen molar-refractivity contribution in [3.05, 3.63) is 12.4 Å². The SMILES string of the molecule is CC1(C(=O)O)CCCC1NC(=O)NCCn1ccnn1. The molecule has 2 amide bonds. The van der Waals surface area contributed by atoms with Gasteiger partial charge in [-0.1, -0.05) is 11.6 Å². The lowest BCUT2D eigenvalue weighted by Crippen LogP contribution is -2.50. The molecule has 2 unspecified atom stereocenters. The zero-order valence-corrected chi connectivity index (χ0v) is 11.4. The van der Waals surface area contributed by atoms with E-state index in [0.717, 1.165) is 6.42 Å². The van der Waals surface area contributed by atoms with Crippen molar-refractivity contribution in [1.29, 1.82) is 0 Å². The lowest BCUT2D eigenvalue weighted by atomic mass is 9.85. The molecule has 1 aliphatic carbocycles. The van der Waals surface area contributed by atoms with Gasteiger partial charge in [-0.05, 0) is 19.8 Å². The van der Waals surface area contributed by atoms with Gasteiger partial charge in [-0.15, -0.1) is 5.10 Å². The molecule has 0 aromatic carbocycles. The number of carbonyl (C=O) groups is 2. The van der Waals surface area contributed by atoms with Crippen LogP contribution in [-0.4, -0.2) is 44.7 Å². The van der Waals surface area contributed by atoms with E-state index < -0.39 is 11.4 Å². The Balaban J connectivity index is 1.78. The minimum absolute atomic E-state index is 0.327. The van der Waals surface area contributed by atoms with Crippen LogP contribution in [0.5, 0.6) is 0 Å². The van der Waals surface area contributed by atoms with Gasteiger partial charge in [0.05, 0.1) is 18.2 Å². The first-order valence-corrected chi connectivity index (χ1v) is 6.64. The summed E-state index contributed by atoms with van der Waals surface area (Å²) in [5, 5.41) is 22.2. The summed E-state index contributed by atoms with van der Waals surface area (Å²) >= 11 is 0. The van der Waals surface area contributed by atoms with Crippen LogP contribution < -0.4 is 10.6 Å². The fourth-order valence-corrected chi connectivity index (χ4v) is 2.50. The van der Waals surface area contributed by atoms with Gasteiger partial charge in [-0.2, -0.15) is 0 Å². The number of hydrogen-bond donors (Lipinski definition) is 3. The van der Waals surface area contributed by atoms with Crippen LogP contribution in [-0.2, 0) is 11.3 Å². The molecule has 0 radical (unpaired) electrons. The number of urea groups is 1. The quantitative estimate of drug-likeness (QED) is 0.715. The van der Waals surface area contributed by atoms with E-state index in [0.29, 0.717) is 25.9 Å². The van der Waals surface area contributed by atoms with Gasteiger partial charge < -0.3 is 15.7 Å². The van der Waals surface area contributed by atoms with Gasteiger partial charge in [0.15, 0.2) is 0 Å². The number of carboxylic acid groups (broad SMARTS) is 1. The first kappa shape index (κ1) is 14.3. The van der Waals surface area contributed by atoms with Crippen LogP contribution in [0.4, 0.5) is 4.79 Å². The number of amides is 2. The summed E-state index contributed by atoms with van der Waals surface area (Å²) in [5.41, 5.74) is -0.872. The molecular formula is C12H19N5O3. The van der Waals surface area contributed by atoms with E-state index in [4.69, 9.17) is 0 Å². The van der Waals surface area contributed by atoms with Crippen molar-refractivity contribution in [2.75, 3.05) is 6.54 Å². The predicted molar refractivity (Wildman–Crippen MR) is 69.9 cm³/mol. The molecule has 1 aromatic heterocycles. The average Bonchev–Trinajstić information content (AvgIpc) is 3.01. The highest BCUT2D eigenvalue weighted by molar-refractivity contribution is 5.79. The van der Waals surface area contributed by atoms with Gasteiger partial charge in [0.25, 0.3) is 0 Å². The summed E-state index contributed by atoms with van der Waals surface area (Å²) in [6, 6.07) is -0.670. The molecule has 0 spiro atoms. The van der Waals surface area contributed by atoms with Crippen LogP contribution in [0, 0.1) is 5.41 Å². The Kier molecular flexibility index (Phi) is 4.21. The van der Waals surface area contributed by atoms with E-state index in [2.05, 4.69) is 20.9 Å². The Morgan fingerprint density at radius 3 is 3.00 bits per heavy atom. The van der Waals surface area contributed by atoms with Crippen LogP contribution in [0.25, 0.3) is 0 Å². The molecule has 1 heterocycles. The Morgan fingerprint density at radius 2 is 2.35 bits per heavy atom. The first-order valence-electron chi connectivity index (χ1n) is 6.64. The molecule has 2 atom stereocenters. The van der Waals surface area contributed by atoms with E-state index >= 15 is 0 Å². The summed E-state index contributed by atoms with van der Waals surface area (Å²) in [6.07, 6.45) is 5.37. The monoisotopic (exact) mass is 281 g/mol. The van der Waals surface area contributed by atoms with Crippen molar-refractivity contribution in [1.82, 2.24) is 25.6 Å². The Bertz CT molecular complexity index is 475. The van der Waals surface area contributed by atoms with Crippen molar-refractivity contribution in [2.24, 2.45) is 5.41 Å². The zero-order chi connectivity index (χ0) is 14.6. The summed E-state index contributed by atoms with van der Waals surface area (Å²) in [7, 11) is 0. The number of aromatic nitrogens is 3. The second-order valence-electron chi connectivity index (χ2n) is 5.23. The van der Waals surface area contributed by atoms with E-state index in [1.807, 2.05) is 0 Å². The first-order chi connectivity index (χ1) is 9.52. The van der Waals surface area contributed by atoms with Gasteiger partial charge in [0, 0.05) is 18.8 Å². The molecule has 0 aliphatic heterocycles. The molecule has 0 saturated heterocycles. The normalized spacial score (nSPS) is 25.4. The van der Waals surface area contributed by atoms with Crippen molar-refractivity contribution < 1.29 is 14.7 Å². The summed E-state index contributed by atoms with van der Waals surface area (Å²) in [6.45, 7) is 2.61. The van der Waals surface area contributed by atoms with Crippen LogP contribution in [0.1, 0.15) is 26.2 Å². The topological polar surface area (TPSA) is 109 Å². The molecule has 8 nitrogen and oxygen atoms in total. The van der Waals surface area contributed by atoms with Crippen molar-refractivity contribution in [3.63, 3.8) is 0 Å². The maximum atomic E-state index is 11.8. The van der Waals surface area contributed by atoms with E-state index in [-0.39, 0.29) is 12.1 Å². The van der Waals surface area contributed by atoms with Gasteiger partial charge in [0.2, 0.25) is 0 Å². The molecule has 110 valence electrons. The molecule has 1 fully saturated rings. The predicted octanol–water partition coefficient (Wildman–Crippen LogP) is 0.221. The minimum Gasteiger partial charge on any atom is -0.481 e. The highest BCUT2D eigenvalue weighted by atomic mass is 16.4. The third-order valence-electron chi connectivity index (χ3n) is 3.85. The second-order valence-corrected chi connectivity index (χ2v) is 5.23. The molecule has 20 heavy (non-hydrogen) atoms. The number of hydrogen-bond acceptors (Lipinski definition) is 4. The van der Waals surface area contributed by atoms with E-state index in [9.17, 15) is 14.7 Å². The fraction of sp³-hybridized carbons (Fsp3) is 0.667. The molecule has 0 bridgehead atoms. The van der Waals surface area contributed by atoms with E-state index in [1.54, 1.807) is 24.0 Å². The third kappa shape index (κ3) is 3.06. The van der Waals surface area contributed by atoms with E-state index in [1.165, 1.54) is 0 Å². The van der Waals surface area contributed by atoms with Crippen molar-refractivity contribution >= 4 is 12.0 Å². The molecule has 1 saturated carbocycles. The summed E-state index contributed by atoms with van der Waals surface area (Å²) in [4.78, 5) is 23.1. The fourth-order valence-electron chi connectivity index (χ4n) is 2.50. The van der Waals surface area contributed by atoms with Crippen LogP contribution >= 0.6 is 0 Å². The summed E-state index contributed by atoms with van der Waals surface area (Å²) in [5.74, 6) is -0.858. The Labute approximate surface area is 116 Å². The number of carbonyl (C=O) groups excluding carboxylic acids is 1. The van der Waals surface area contributed by atoms with Crippen molar-refractivity contribution in [2.45, 2.75) is 38.8 Å². The zero-order valence-electron chi connectivity index (χ0n) is 11.4. The standard InChI is InChI=1S/C12H19N5O3/c1-12(10(18)19)4-2-3-9(12)15-11(20)13-5-7-17-8-6-14-16-17/h6,8-9H,2-5,7H2,1H3,(H,18,19)(H2,13,15,20). The maximum absolute atomic E-state index is 11.8. The lowest BCUT2D eigenvalue weighted by molar-refractivity contribution is -0.148. The van der Waals surface area contributed by atoms with Crippen LogP contribution in [0.3, 0.4) is 0 Å². The van der Waals surface area contributed by atoms with Gasteiger partial charge >= 0.3 is 12.0 Å². The number of nitrogens with one attached hydrogen (secondary N) is 2. The van der Waals surface area contributed by atoms with Crippen LogP contribution in [0.15, 0.2) is 12.4 Å². The van der Waals surface area contributed by atoms with Gasteiger partial charge in [0.1, 0.15) is 0 Å². The number of aliphatic carboxylic acids is 1. The Morgan fingerprint density at radius 1 is 1.55 bits per heavy atom. The molecule has 8 heteroatoms. The molecule has 1 aromatic rings. The molecule has 3 N–H and O–H groups in total. The summed E-state index contributed by atoms with van der Waals surface area (Å²) < 4.78 is 1.61. The maximum Gasteiger partial charge on any atom is 0.315 e. The van der Waals surface area contributed by atoms with Crippen LogP contribution in [0.2, 0.25) is 0 Å². The Hall–Kier alpha value is -2.12. The highest BCUT2D eigenvalue weighted by Gasteiger charge is 2.45. The molecule has 2 rings (SSSR count). The minimum atomic E-state index is -0.872. The number of rotatable bonds is 5. The van der Waals surface area contributed by atoms with Crippen molar-refractivity contribution in [3.8, 4) is 0 Å². The largest absolute Gasteiger partial charge is 0.481 e. The van der Waals surface area contributed by atoms with Gasteiger partial charge in [-0.25, -0.2) is 4.79 Å². The van der Waals surface area contributed by atoms with Gasteiger partial charge in [-0.3, -0.25) is 9.48 Å². The highest BCUT2D eigenvalue weighted by Crippen LogP contribution is 2.38. The lowest BCUT2D eigenvalue weighted by Gasteiger charge is -2.27.